The average molecular weight is 327 g/mol. The summed E-state index contributed by atoms with van der Waals surface area (Å²) in [7, 11) is 0. The Morgan fingerprint density at radius 1 is 1.14 bits per heavy atom. The lowest BCUT2D eigenvalue weighted by molar-refractivity contribution is 0.0298. The Bertz CT molecular complexity index is 473. The monoisotopic (exact) mass is 326 g/mol. The van der Waals surface area contributed by atoms with Gasteiger partial charge in [0.05, 0.1) is 0 Å². The largest absolute Gasteiger partial charge is 0.396 e. The average Bonchev–Trinajstić information content (AvgIpc) is 2.43. The normalized spacial score (nSPS) is 17.9. The zero-order valence-corrected chi connectivity index (χ0v) is 15.4. The SMILES string of the molecule is Cc1cc(C)c([C@H](N2CCNCC2)C(C)(C)CO)c(C)c1.Cl. The van der Waals surface area contributed by atoms with E-state index in [4.69, 9.17) is 0 Å². The van der Waals surface area contributed by atoms with Gasteiger partial charge in [0.1, 0.15) is 0 Å². The summed E-state index contributed by atoms with van der Waals surface area (Å²) in [5.41, 5.74) is 5.26. The van der Waals surface area contributed by atoms with Gasteiger partial charge in [0, 0.05) is 44.2 Å². The molecule has 1 fully saturated rings. The van der Waals surface area contributed by atoms with Gasteiger partial charge in [-0.1, -0.05) is 31.5 Å². The van der Waals surface area contributed by atoms with Gasteiger partial charge in [-0.3, -0.25) is 4.90 Å². The lowest BCUT2D eigenvalue weighted by Crippen LogP contribution is -2.50. The van der Waals surface area contributed by atoms with Crippen LogP contribution in [-0.2, 0) is 0 Å². The summed E-state index contributed by atoms with van der Waals surface area (Å²) in [5.74, 6) is 0. The fourth-order valence-corrected chi connectivity index (χ4v) is 3.72. The first-order valence-corrected chi connectivity index (χ1v) is 8.00. The highest BCUT2D eigenvalue weighted by Crippen LogP contribution is 2.41. The zero-order chi connectivity index (χ0) is 15.6. The first-order valence-electron chi connectivity index (χ1n) is 8.00. The van der Waals surface area contributed by atoms with E-state index in [9.17, 15) is 5.11 Å². The molecule has 1 heterocycles. The number of aliphatic hydroxyl groups excluding tert-OH is 1. The summed E-state index contributed by atoms with van der Waals surface area (Å²) in [6.45, 7) is 15.3. The first kappa shape index (κ1) is 19.4. The predicted molar refractivity (Wildman–Crippen MR) is 96.0 cm³/mol. The van der Waals surface area contributed by atoms with E-state index in [0.29, 0.717) is 0 Å². The molecule has 1 aliphatic rings. The minimum Gasteiger partial charge on any atom is -0.396 e. The number of rotatable bonds is 4. The molecule has 0 spiro atoms. The molecule has 3 nitrogen and oxygen atoms in total. The van der Waals surface area contributed by atoms with E-state index in [0.717, 1.165) is 26.2 Å². The van der Waals surface area contributed by atoms with Crippen molar-refractivity contribution in [2.24, 2.45) is 5.41 Å². The van der Waals surface area contributed by atoms with E-state index in [-0.39, 0.29) is 30.5 Å². The van der Waals surface area contributed by atoms with Crippen LogP contribution in [0.1, 0.15) is 42.1 Å². The summed E-state index contributed by atoms with van der Waals surface area (Å²) >= 11 is 0. The standard InChI is InChI=1S/C18H30N2O.ClH/c1-13-10-14(2)16(15(3)11-13)17(18(4,5)12-21)20-8-6-19-7-9-20;/h10-11,17,19,21H,6-9,12H2,1-5H3;1H/t17-;/m0./s1. The molecule has 0 bridgehead atoms. The van der Waals surface area contributed by atoms with E-state index < -0.39 is 0 Å². The highest BCUT2D eigenvalue weighted by atomic mass is 35.5. The third kappa shape index (κ3) is 4.02. The van der Waals surface area contributed by atoms with E-state index in [1.54, 1.807) is 0 Å². The molecule has 2 N–H and O–H groups in total. The number of hydrogen-bond donors (Lipinski definition) is 2. The van der Waals surface area contributed by atoms with Crippen LogP contribution in [0, 0.1) is 26.2 Å². The minimum atomic E-state index is -0.151. The van der Waals surface area contributed by atoms with Crippen LogP contribution in [0.3, 0.4) is 0 Å². The molecule has 1 aliphatic heterocycles. The predicted octanol–water partition coefficient (Wildman–Crippen LogP) is 3.00. The van der Waals surface area contributed by atoms with Gasteiger partial charge in [-0.25, -0.2) is 0 Å². The van der Waals surface area contributed by atoms with Gasteiger partial charge in [0.25, 0.3) is 0 Å². The van der Waals surface area contributed by atoms with Crippen molar-refractivity contribution < 1.29 is 5.11 Å². The number of benzene rings is 1. The molecule has 4 heteroatoms. The lowest BCUT2D eigenvalue weighted by Gasteiger charge is -2.44. The van der Waals surface area contributed by atoms with Gasteiger partial charge in [-0.05, 0) is 37.5 Å². The molecule has 0 aromatic heterocycles. The maximum Gasteiger partial charge on any atom is 0.0500 e. The van der Waals surface area contributed by atoms with Crippen LogP contribution >= 0.6 is 12.4 Å². The molecule has 0 unspecified atom stereocenters. The molecule has 1 aromatic carbocycles. The van der Waals surface area contributed by atoms with Crippen LogP contribution in [0.5, 0.6) is 0 Å². The van der Waals surface area contributed by atoms with Crippen molar-refractivity contribution in [3.8, 4) is 0 Å². The van der Waals surface area contributed by atoms with Gasteiger partial charge < -0.3 is 10.4 Å². The maximum atomic E-state index is 9.95. The highest BCUT2D eigenvalue weighted by Gasteiger charge is 2.37. The van der Waals surface area contributed by atoms with E-state index >= 15 is 0 Å². The van der Waals surface area contributed by atoms with Gasteiger partial charge >= 0.3 is 0 Å². The number of nitrogens with one attached hydrogen (secondary N) is 1. The summed E-state index contributed by atoms with van der Waals surface area (Å²) in [6.07, 6.45) is 0. The molecule has 0 amide bonds. The molecule has 1 saturated heterocycles. The summed E-state index contributed by atoms with van der Waals surface area (Å²) in [5, 5.41) is 13.4. The summed E-state index contributed by atoms with van der Waals surface area (Å²) in [6, 6.07) is 4.81. The first-order chi connectivity index (χ1) is 9.86. The van der Waals surface area contributed by atoms with Crippen LogP contribution in [0.4, 0.5) is 0 Å². The minimum absolute atomic E-state index is 0. The topological polar surface area (TPSA) is 35.5 Å². The van der Waals surface area contributed by atoms with Gasteiger partial charge in [-0.2, -0.15) is 0 Å². The van der Waals surface area contributed by atoms with Crippen LogP contribution < -0.4 is 5.32 Å². The summed E-state index contributed by atoms with van der Waals surface area (Å²) in [4.78, 5) is 2.54. The lowest BCUT2D eigenvalue weighted by atomic mass is 9.76. The van der Waals surface area contributed by atoms with Crippen molar-refractivity contribution >= 4 is 12.4 Å². The molecule has 1 atom stereocenters. The summed E-state index contributed by atoms with van der Waals surface area (Å²) < 4.78 is 0. The van der Waals surface area contributed by atoms with E-state index in [1.165, 1.54) is 22.3 Å². The Morgan fingerprint density at radius 2 is 1.64 bits per heavy atom. The molecule has 22 heavy (non-hydrogen) atoms. The third-order valence-corrected chi connectivity index (χ3v) is 4.68. The number of hydrogen-bond acceptors (Lipinski definition) is 3. The Morgan fingerprint density at radius 3 is 2.09 bits per heavy atom. The van der Waals surface area contributed by atoms with Crippen LogP contribution in [0.25, 0.3) is 0 Å². The smallest absolute Gasteiger partial charge is 0.0500 e. The number of piperazine rings is 1. The van der Waals surface area contributed by atoms with Crippen molar-refractivity contribution in [2.45, 2.75) is 40.7 Å². The van der Waals surface area contributed by atoms with Crippen molar-refractivity contribution in [1.29, 1.82) is 0 Å². The van der Waals surface area contributed by atoms with Gasteiger partial charge in [0.15, 0.2) is 0 Å². The Balaban J connectivity index is 0.00000242. The van der Waals surface area contributed by atoms with Crippen LogP contribution in [0.15, 0.2) is 12.1 Å². The maximum absolute atomic E-state index is 9.95. The Labute approximate surface area is 141 Å². The van der Waals surface area contributed by atoms with Gasteiger partial charge in [-0.15, -0.1) is 12.4 Å². The number of nitrogens with zero attached hydrogens (tertiary/aromatic N) is 1. The second-order valence-corrected chi connectivity index (χ2v) is 7.15. The third-order valence-electron chi connectivity index (χ3n) is 4.68. The molecule has 2 rings (SSSR count). The fourth-order valence-electron chi connectivity index (χ4n) is 3.72. The number of aryl methyl sites for hydroxylation is 3. The van der Waals surface area contributed by atoms with Crippen molar-refractivity contribution in [1.82, 2.24) is 10.2 Å². The van der Waals surface area contributed by atoms with E-state index in [2.05, 4.69) is 57.0 Å². The fraction of sp³-hybridized carbons (Fsp3) is 0.667. The highest BCUT2D eigenvalue weighted by molar-refractivity contribution is 5.85. The Kier molecular flexibility index (Phi) is 6.87. The molecule has 0 aliphatic carbocycles. The van der Waals surface area contributed by atoms with Crippen LogP contribution in [-0.4, -0.2) is 42.8 Å². The second-order valence-electron chi connectivity index (χ2n) is 7.15. The molecular weight excluding hydrogens is 296 g/mol. The zero-order valence-electron chi connectivity index (χ0n) is 14.6. The Hall–Kier alpha value is -0.610. The molecule has 0 saturated carbocycles. The van der Waals surface area contributed by atoms with Crippen molar-refractivity contribution in [2.75, 3.05) is 32.8 Å². The second kappa shape index (κ2) is 7.78. The quantitative estimate of drug-likeness (QED) is 0.893. The molecule has 0 radical (unpaired) electrons. The molecule has 126 valence electrons. The van der Waals surface area contributed by atoms with Crippen LogP contribution in [0.2, 0.25) is 0 Å². The number of halogens is 1. The molecular formula is C18H31ClN2O. The van der Waals surface area contributed by atoms with Gasteiger partial charge in [0.2, 0.25) is 0 Å². The van der Waals surface area contributed by atoms with E-state index in [1.807, 2.05) is 0 Å². The molecule has 1 aromatic rings. The van der Waals surface area contributed by atoms with Crippen molar-refractivity contribution in [3.63, 3.8) is 0 Å². The number of aliphatic hydroxyl groups is 1. The van der Waals surface area contributed by atoms with Crippen molar-refractivity contribution in [3.05, 3.63) is 34.4 Å².